The van der Waals surface area contributed by atoms with Crippen molar-refractivity contribution >= 4 is 16.8 Å². The number of pyridine rings is 1. The molecule has 0 bridgehead atoms. The van der Waals surface area contributed by atoms with Crippen molar-refractivity contribution in [2.24, 2.45) is 0 Å². The molecule has 0 atom stereocenters. The van der Waals surface area contributed by atoms with Crippen LogP contribution in [0.4, 0.5) is 0 Å². The minimum Gasteiger partial charge on any atom is -0.497 e. The van der Waals surface area contributed by atoms with Crippen LogP contribution in [0.1, 0.15) is 45.9 Å². The molecule has 0 radical (unpaired) electrons. The lowest BCUT2D eigenvalue weighted by Crippen LogP contribution is -2.48. The van der Waals surface area contributed by atoms with Gasteiger partial charge in [-0.3, -0.25) is 14.7 Å². The van der Waals surface area contributed by atoms with Gasteiger partial charge in [0.25, 0.3) is 5.91 Å². The molecule has 8 nitrogen and oxygen atoms in total. The zero-order valence-corrected chi connectivity index (χ0v) is 21.4. The van der Waals surface area contributed by atoms with E-state index in [1.807, 2.05) is 29.2 Å². The number of nitrogens with zero attached hydrogens (tertiary/aromatic N) is 5. The first-order valence-electron chi connectivity index (χ1n) is 13.0. The Labute approximate surface area is 216 Å². The van der Waals surface area contributed by atoms with E-state index in [1.54, 1.807) is 7.11 Å². The van der Waals surface area contributed by atoms with Gasteiger partial charge in [-0.25, -0.2) is 0 Å². The predicted octanol–water partition coefficient (Wildman–Crippen LogP) is 4.44. The summed E-state index contributed by atoms with van der Waals surface area (Å²) < 4.78 is 10.7. The third kappa shape index (κ3) is 4.69. The van der Waals surface area contributed by atoms with E-state index in [9.17, 15) is 4.79 Å². The van der Waals surface area contributed by atoms with Crippen LogP contribution in [-0.4, -0.2) is 64.1 Å². The van der Waals surface area contributed by atoms with Crippen LogP contribution in [0.15, 0.2) is 47.0 Å². The number of fused-ring (bicyclic) bond motifs is 2. The summed E-state index contributed by atoms with van der Waals surface area (Å²) in [5.41, 5.74) is 6.10. The number of carbonyl (C=O) groups is 1. The molecule has 6 rings (SSSR count). The van der Waals surface area contributed by atoms with Gasteiger partial charge in [-0.1, -0.05) is 16.8 Å². The molecule has 1 saturated heterocycles. The minimum absolute atomic E-state index is 0.135. The van der Waals surface area contributed by atoms with Crippen molar-refractivity contribution in [2.75, 3.05) is 33.3 Å². The number of benzene rings is 2. The molecular formula is C29H31N5O3. The summed E-state index contributed by atoms with van der Waals surface area (Å²) in [5.74, 6) is 2.07. The van der Waals surface area contributed by atoms with Crippen LogP contribution < -0.4 is 4.74 Å². The second-order valence-corrected chi connectivity index (χ2v) is 9.95. The number of aromatic nitrogens is 3. The number of ether oxygens (including phenoxy) is 1. The smallest absolute Gasteiger partial charge is 0.254 e. The third-order valence-electron chi connectivity index (χ3n) is 7.47. The van der Waals surface area contributed by atoms with E-state index in [0.717, 1.165) is 83.4 Å². The Morgan fingerprint density at radius 1 is 1.00 bits per heavy atom. The Morgan fingerprint density at radius 2 is 1.78 bits per heavy atom. The molecule has 1 aliphatic carbocycles. The van der Waals surface area contributed by atoms with Crippen molar-refractivity contribution in [3.8, 4) is 17.1 Å². The van der Waals surface area contributed by atoms with Gasteiger partial charge in [0, 0.05) is 42.8 Å². The van der Waals surface area contributed by atoms with Gasteiger partial charge >= 0.3 is 0 Å². The van der Waals surface area contributed by atoms with Gasteiger partial charge in [0.05, 0.1) is 24.7 Å². The highest BCUT2D eigenvalue weighted by molar-refractivity contribution is 6.08. The highest BCUT2D eigenvalue weighted by atomic mass is 16.5. The number of hydrogen-bond acceptors (Lipinski definition) is 7. The summed E-state index contributed by atoms with van der Waals surface area (Å²) in [6, 6.07) is 13.9. The van der Waals surface area contributed by atoms with Gasteiger partial charge in [-0.2, -0.15) is 4.98 Å². The fraction of sp³-hybridized carbons (Fsp3) is 0.379. The van der Waals surface area contributed by atoms with Crippen LogP contribution in [0.2, 0.25) is 0 Å². The Hall–Kier alpha value is -3.78. The molecule has 1 fully saturated rings. The quantitative estimate of drug-likeness (QED) is 0.403. The van der Waals surface area contributed by atoms with Crippen LogP contribution in [0, 0.1) is 6.92 Å². The van der Waals surface area contributed by atoms with Crippen molar-refractivity contribution < 1.29 is 14.1 Å². The number of amides is 1. The molecule has 2 aromatic carbocycles. The van der Waals surface area contributed by atoms with E-state index in [0.29, 0.717) is 31.3 Å². The van der Waals surface area contributed by atoms with E-state index in [-0.39, 0.29) is 5.91 Å². The molecule has 8 heteroatoms. The normalized spacial score (nSPS) is 16.1. The van der Waals surface area contributed by atoms with Crippen LogP contribution >= 0.6 is 0 Å². The average molecular weight is 498 g/mol. The van der Waals surface area contributed by atoms with Crippen molar-refractivity contribution in [3.05, 3.63) is 70.7 Å². The SMILES string of the molecule is COc1ccc(-c2noc(CN3CCN(C(=O)c4c5c(nc6ccc(C)cc46)CCCC5)CC3)n2)cc1. The summed E-state index contributed by atoms with van der Waals surface area (Å²) in [6.07, 6.45) is 4.14. The summed E-state index contributed by atoms with van der Waals surface area (Å²) >= 11 is 0. The van der Waals surface area contributed by atoms with E-state index in [1.165, 1.54) is 0 Å². The molecule has 0 unspecified atom stereocenters. The topological polar surface area (TPSA) is 84.6 Å². The molecule has 37 heavy (non-hydrogen) atoms. The molecule has 0 saturated carbocycles. The fourth-order valence-corrected chi connectivity index (χ4v) is 5.42. The van der Waals surface area contributed by atoms with Crippen molar-refractivity contribution in [2.45, 2.75) is 39.2 Å². The fourth-order valence-electron chi connectivity index (χ4n) is 5.42. The first kappa shape index (κ1) is 23.6. The molecule has 2 aliphatic rings. The highest BCUT2D eigenvalue weighted by Gasteiger charge is 2.29. The zero-order chi connectivity index (χ0) is 25.4. The number of methoxy groups -OCH3 is 1. The third-order valence-corrected chi connectivity index (χ3v) is 7.47. The highest BCUT2D eigenvalue weighted by Crippen LogP contribution is 2.31. The number of carbonyl (C=O) groups excluding carboxylic acids is 1. The van der Waals surface area contributed by atoms with E-state index in [2.05, 4.69) is 40.2 Å². The maximum atomic E-state index is 13.9. The van der Waals surface area contributed by atoms with Gasteiger partial charge in [0.1, 0.15) is 5.75 Å². The molecule has 0 spiro atoms. The van der Waals surface area contributed by atoms with Gasteiger partial charge in [-0.15, -0.1) is 0 Å². The molecule has 2 aromatic heterocycles. The van der Waals surface area contributed by atoms with Crippen LogP contribution in [-0.2, 0) is 19.4 Å². The number of rotatable bonds is 5. The summed E-state index contributed by atoms with van der Waals surface area (Å²) in [5, 5.41) is 5.13. The second kappa shape index (κ2) is 9.94. The molecule has 1 aliphatic heterocycles. The van der Waals surface area contributed by atoms with Crippen LogP contribution in [0.25, 0.3) is 22.3 Å². The van der Waals surface area contributed by atoms with Gasteiger partial charge in [0.15, 0.2) is 0 Å². The zero-order valence-electron chi connectivity index (χ0n) is 21.4. The van der Waals surface area contributed by atoms with Crippen molar-refractivity contribution in [1.82, 2.24) is 24.9 Å². The predicted molar refractivity (Wildman–Crippen MR) is 141 cm³/mol. The Kier molecular flexibility index (Phi) is 6.34. The van der Waals surface area contributed by atoms with Crippen LogP contribution in [0.3, 0.4) is 0 Å². The first-order valence-corrected chi connectivity index (χ1v) is 13.0. The first-order chi connectivity index (χ1) is 18.1. The van der Waals surface area contributed by atoms with Crippen molar-refractivity contribution in [3.63, 3.8) is 0 Å². The van der Waals surface area contributed by atoms with E-state index >= 15 is 0 Å². The molecule has 1 amide bonds. The number of aryl methyl sites for hydroxylation is 2. The maximum absolute atomic E-state index is 13.9. The lowest BCUT2D eigenvalue weighted by atomic mass is 9.89. The van der Waals surface area contributed by atoms with Crippen LogP contribution in [0.5, 0.6) is 5.75 Å². The van der Waals surface area contributed by atoms with E-state index in [4.69, 9.17) is 14.2 Å². The monoisotopic (exact) mass is 497 g/mol. The molecule has 0 N–H and O–H groups in total. The average Bonchev–Trinajstić information content (AvgIpc) is 3.40. The second-order valence-electron chi connectivity index (χ2n) is 9.95. The largest absolute Gasteiger partial charge is 0.497 e. The Balaban J connectivity index is 1.15. The Bertz CT molecular complexity index is 1440. The van der Waals surface area contributed by atoms with Crippen molar-refractivity contribution in [1.29, 1.82) is 0 Å². The lowest BCUT2D eigenvalue weighted by molar-refractivity contribution is 0.0615. The standard InChI is InChI=1S/C29H31N5O3/c1-19-7-12-25-23(17-19)27(22-5-3-4-6-24(22)30-25)29(35)34-15-13-33(14-16-34)18-26-31-28(32-37-26)20-8-10-21(36-2)11-9-20/h7-12,17H,3-6,13-16,18H2,1-2H3. The molecular weight excluding hydrogens is 466 g/mol. The summed E-state index contributed by atoms with van der Waals surface area (Å²) in [4.78, 5) is 27.7. The molecule has 4 aromatic rings. The number of hydrogen-bond donors (Lipinski definition) is 0. The molecule has 3 heterocycles. The number of piperazine rings is 1. The Morgan fingerprint density at radius 3 is 2.57 bits per heavy atom. The van der Waals surface area contributed by atoms with Gasteiger partial charge in [0.2, 0.25) is 11.7 Å². The van der Waals surface area contributed by atoms with Gasteiger partial charge in [-0.05, 0) is 74.6 Å². The molecule has 190 valence electrons. The summed E-state index contributed by atoms with van der Waals surface area (Å²) in [7, 11) is 1.64. The maximum Gasteiger partial charge on any atom is 0.254 e. The minimum atomic E-state index is 0.135. The summed E-state index contributed by atoms with van der Waals surface area (Å²) in [6.45, 7) is 5.50. The lowest BCUT2D eigenvalue weighted by Gasteiger charge is -2.35. The van der Waals surface area contributed by atoms with E-state index < -0.39 is 0 Å². The van der Waals surface area contributed by atoms with Gasteiger partial charge < -0.3 is 14.2 Å².